The number of anilines is 1. The normalized spacial score (nSPS) is 10.8. The van der Waals surface area contributed by atoms with Crippen LogP contribution >= 0.6 is 11.8 Å². The number of carbonyl (C=O) groups excluding carboxylic acids is 1. The Bertz CT molecular complexity index is 393. The number of thioether (sulfide) groups is 1. The molecule has 0 spiro atoms. The largest absolute Gasteiger partial charge is 0.398 e. The highest BCUT2D eigenvalue weighted by Crippen LogP contribution is 2.20. The zero-order chi connectivity index (χ0) is 12.8. The molecule has 1 aromatic rings. The molecular formula is C12H19N3OS. The van der Waals surface area contributed by atoms with Crippen molar-refractivity contribution in [2.75, 3.05) is 32.1 Å². The maximum absolute atomic E-state index is 11.0. The number of hydrogen-bond acceptors (Lipinski definition) is 4. The molecule has 0 heterocycles. The van der Waals surface area contributed by atoms with Crippen LogP contribution in [0.1, 0.15) is 15.9 Å². The Morgan fingerprint density at radius 1 is 1.41 bits per heavy atom. The highest BCUT2D eigenvalue weighted by Gasteiger charge is 2.04. The number of nitrogens with two attached hydrogens (primary N) is 2. The molecule has 1 aromatic carbocycles. The van der Waals surface area contributed by atoms with Gasteiger partial charge in [-0.2, -0.15) is 11.8 Å². The topological polar surface area (TPSA) is 72.3 Å². The van der Waals surface area contributed by atoms with Gasteiger partial charge in [0.25, 0.3) is 0 Å². The van der Waals surface area contributed by atoms with Gasteiger partial charge in [0.2, 0.25) is 5.91 Å². The Hall–Kier alpha value is -1.20. The summed E-state index contributed by atoms with van der Waals surface area (Å²) >= 11 is 1.83. The van der Waals surface area contributed by atoms with E-state index in [9.17, 15) is 4.79 Å². The van der Waals surface area contributed by atoms with Crippen LogP contribution in [0.25, 0.3) is 0 Å². The van der Waals surface area contributed by atoms with Crippen molar-refractivity contribution in [1.82, 2.24) is 4.90 Å². The lowest BCUT2D eigenvalue weighted by Gasteiger charge is -2.10. The van der Waals surface area contributed by atoms with E-state index in [2.05, 4.69) is 19.0 Å². The van der Waals surface area contributed by atoms with Crippen LogP contribution in [0.2, 0.25) is 0 Å². The van der Waals surface area contributed by atoms with Crippen molar-refractivity contribution in [1.29, 1.82) is 0 Å². The van der Waals surface area contributed by atoms with E-state index in [0.29, 0.717) is 11.3 Å². The zero-order valence-corrected chi connectivity index (χ0v) is 11.1. The lowest BCUT2D eigenvalue weighted by molar-refractivity contribution is 0.100. The van der Waals surface area contributed by atoms with Gasteiger partial charge in [-0.3, -0.25) is 4.79 Å². The average Bonchev–Trinajstić information content (AvgIpc) is 2.25. The van der Waals surface area contributed by atoms with E-state index < -0.39 is 5.91 Å². The van der Waals surface area contributed by atoms with Gasteiger partial charge >= 0.3 is 0 Å². The molecule has 0 fully saturated rings. The van der Waals surface area contributed by atoms with Crippen molar-refractivity contribution in [2.24, 2.45) is 5.73 Å². The fourth-order valence-electron chi connectivity index (χ4n) is 1.31. The van der Waals surface area contributed by atoms with E-state index in [-0.39, 0.29) is 0 Å². The van der Waals surface area contributed by atoms with Gasteiger partial charge in [-0.1, -0.05) is 6.07 Å². The maximum Gasteiger partial charge on any atom is 0.248 e. The molecule has 0 saturated heterocycles. The quantitative estimate of drug-likeness (QED) is 0.589. The molecule has 1 amide bonds. The number of amides is 1. The summed E-state index contributed by atoms with van der Waals surface area (Å²) in [6.45, 7) is 1.05. The van der Waals surface area contributed by atoms with E-state index in [1.165, 1.54) is 0 Å². The van der Waals surface area contributed by atoms with Crippen LogP contribution in [-0.4, -0.2) is 37.2 Å². The summed E-state index contributed by atoms with van der Waals surface area (Å²) in [4.78, 5) is 13.1. The molecule has 0 aliphatic heterocycles. The Morgan fingerprint density at radius 2 is 2.12 bits per heavy atom. The second-order valence-electron chi connectivity index (χ2n) is 4.13. The van der Waals surface area contributed by atoms with E-state index in [0.717, 1.165) is 23.6 Å². The summed E-state index contributed by atoms with van der Waals surface area (Å²) in [7, 11) is 4.10. The summed E-state index contributed by atoms with van der Waals surface area (Å²) < 4.78 is 0. The second kappa shape index (κ2) is 6.51. The average molecular weight is 253 g/mol. The SMILES string of the molecule is CN(C)CCSCc1ccc(C(N)=O)cc1N. The maximum atomic E-state index is 11.0. The predicted octanol–water partition coefficient (Wildman–Crippen LogP) is 1.16. The molecule has 4 N–H and O–H groups in total. The summed E-state index contributed by atoms with van der Waals surface area (Å²) in [5, 5.41) is 0. The Balaban J connectivity index is 2.52. The van der Waals surface area contributed by atoms with Crippen molar-refractivity contribution in [3.8, 4) is 0 Å². The Morgan fingerprint density at radius 3 is 2.65 bits per heavy atom. The van der Waals surface area contributed by atoms with Crippen molar-refractivity contribution >= 4 is 23.4 Å². The molecule has 0 saturated carbocycles. The highest BCUT2D eigenvalue weighted by atomic mass is 32.2. The standard InChI is InChI=1S/C12H19N3OS/c1-15(2)5-6-17-8-10-4-3-9(12(14)16)7-11(10)13/h3-4,7H,5-6,8,13H2,1-2H3,(H2,14,16). The first kappa shape index (κ1) is 13.9. The first-order valence-corrected chi connectivity index (χ1v) is 6.57. The zero-order valence-electron chi connectivity index (χ0n) is 10.3. The minimum atomic E-state index is -0.441. The molecule has 94 valence electrons. The lowest BCUT2D eigenvalue weighted by atomic mass is 10.1. The third-order valence-electron chi connectivity index (χ3n) is 2.37. The number of rotatable bonds is 6. The molecule has 17 heavy (non-hydrogen) atoms. The molecule has 0 unspecified atom stereocenters. The van der Waals surface area contributed by atoms with Gasteiger partial charge in [0.05, 0.1) is 0 Å². The molecule has 0 radical (unpaired) electrons. The van der Waals surface area contributed by atoms with Gasteiger partial charge < -0.3 is 16.4 Å². The number of primary amides is 1. The van der Waals surface area contributed by atoms with E-state index >= 15 is 0 Å². The van der Waals surface area contributed by atoms with Crippen LogP contribution in [0.15, 0.2) is 18.2 Å². The monoisotopic (exact) mass is 253 g/mol. The van der Waals surface area contributed by atoms with Gasteiger partial charge in [0.1, 0.15) is 0 Å². The third kappa shape index (κ3) is 4.66. The van der Waals surface area contributed by atoms with Crippen LogP contribution in [-0.2, 0) is 5.75 Å². The summed E-state index contributed by atoms with van der Waals surface area (Å²) in [6, 6.07) is 5.24. The molecule has 4 nitrogen and oxygen atoms in total. The third-order valence-corrected chi connectivity index (χ3v) is 3.36. The van der Waals surface area contributed by atoms with Crippen LogP contribution in [0.5, 0.6) is 0 Å². The summed E-state index contributed by atoms with van der Waals surface area (Å²) in [5.41, 5.74) is 13.2. The summed E-state index contributed by atoms with van der Waals surface area (Å²) in [5.74, 6) is 1.48. The van der Waals surface area contributed by atoms with Crippen molar-refractivity contribution in [2.45, 2.75) is 5.75 Å². The van der Waals surface area contributed by atoms with Gasteiger partial charge in [0, 0.05) is 29.3 Å². The molecule has 0 bridgehead atoms. The number of hydrogen-bond donors (Lipinski definition) is 2. The molecule has 0 aromatic heterocycles. The van der Waals surface area contributed by atoms with Gasteiger partial charge in [-0.15, -0.1) is 0 Å². The first-order chi connectivity index (χ1) is 8.00. The molecule has 5 heteroatoms. The van der Waals surface area contributed by atoms with E-state index in [1.54, 1.807) is 12.1 Å². The minimum Gasteiger partial charge on any atom is -0.398 e. The van der Waals surface area contributed by atoms with Gasteiger partial charge in [0.15, 0.2) is 0 Å². The van der Waals surface area contributed by atoms with Crippen LogP contribution in [0, 0.1) is 0 Å². The first-order valence-electron chi connectivity index (χ1n) is 5.41. The van der Waals surface area contributed by atoms with Gasteiger partial charge in [-0.05, 0) is 31.8 Å². The molecule has 0 aliphatic rings. The fourth-order valence-corrected chi connectivity index (χ4v) is 2.43. The van der Waals surface area contributed by atoms with Crippen LogP contribution < -0.4 is 11.5 Å². The number of nitrogens with zero attached hydrogens (tertiary/aromatic N) is 1. The van der Waals surface area contributed by atoms with Gasteiger partial charge in [-0.25, -0.2) is 0 Å². The number of benzene rings is 1. The minimum absolute atomic E-state index is 0.441. The number of carbonyl (C=O) groups is 1. The lowest BCUT2D eigenvalue weighted by Crippen LogP contribution is -2.15. The van der Waals surface area contributed by atoms with Crippen molar-refractivity contribution in [3.63, 3.8) is 0 Å². The predicted molar refractivity (Wildman–Crippen MR) is 74.1 cm³/mol. The van der Waals surface area contributed by atoms with Crippen LogP contribution in [0.3, 0.4) is 0 Å². The van der Waals surface area contributed by atoms with Crippen molar-refractivity contribution in [3.05, 3.63) is 29.3 Å². The highest BCUT2D eigenvalue weighted by molar-refractivity contribution is 7.98. The molecule has 0 aliphatic carbocycles. The van der Waals surface area contributed by atoms with E-state index in [1.807, 2.05) is 17.8 Å². The Labute approximate surface area is 106 Å². The summed E-state index contributed by atoms with van der Waals surface area (Å²) in [6.07, 6.45) is 0. The molecule has 0 atom stereocenters. The second-order valence-corrected chi connectivity index (χ2v) is 5.24. The fraction of sp³-hybridized carbons (Fsp3) is 0.417. The van der Waals surface area contributed by atoms with Crippen LogP contribution in [0.4, 0.5) is 5.69 Å². The smallest absolute Gasteiger partial charge is 0.248 e. The molecule has 1 rings (SSSR count). The van der Waals surface area contributed by atoms with E-state index in [4.69, 9.17) is 11.5 Å². The van der Waals surface area contributed by atoms with Crippen molar-refractivity contribution < 1.29 is 4.79 Å². The Kier molecular flexibility index (Phi) is 5.31. The number of nitrogen functional groups attached to an aromatic ring is 1. The molecular weight excluding hydrogens is 234 g/mol.